The van der Waals surface area contributed by atoms with Crippen LogP contribution in [0.5, 0.6) is 0 Å². The van der Waals surface area contributed by atoms with E-state index in [1.807, 2.05) is 13.8 Å². The van der Waals surface area contributed by atoms with Crippen molar-refractivity contribution < 1.29 is 9.59 Å². The molecule has 2 aliphatic heterocycles. The number of hydrogen-bond acceptors (Lipinski definition) is 2. The van der Waals surface area contributed by atoms with E-state index >= 15 is 0 Å². The number of nitrogens with one attached hydrogen (secondary N) is 1. The monoisotopic (exact) mass is 182 g/mol. The maximum absolute atomic E-state index is 11.5. The average Bonchev–Trinajstić information content (AvgIpc) is 2.36. The molecular weight excluding hydrogens is 168 g/mol. The molecule has 2 aliphatic rings. The highest BCUT2D eigenvalue weighted by Gasteiger charge is 2.47. The number of rotatable bonds is 0. The van der Waals surface area contributed by atoms with Gasteiger partial charge >= 0.3 is 0 Å². The normalized spacial score (nSPS) is 31.5. The number of carbonyl (C=O) groups is 2. The Kier molecular flexibility index (Phi) is 1.62. The van der Waals surface area contributed by atoms with Crippen molar-refractivity contribution >= 4 is 11.8 Å². The smallest absolute Gasteiger partial charge is 0.243 e. The van der Waals surface area contributed by atoms with Crippen LogP contribution < -0.4 is 5.32 Å². The van der Waals surface area contributed by atoms with Crippen LogP contribution >= 0.6 is 0 Å². The van der Waals surface area contributed by atoms with Crippen LogP contribution in [0.3, 0.4) is 0 Å². The number of hydrogen-bond donors (Lipinski definition) is 1. The zero-order chi connectivity index (χ0) is 9.64. The summed E-state index contributed by atoms with van der Waals surface area (Å²) in [4.78, 5) is 24.7. The van der Waals surface area contributed by atoms with Gasteiger partial charge in [0.25, 0.3) is 0 Å². The first-order valence-electron chi connectivity index (χ1n) is 4.62. The van der Waals surface area contributed by atoms with Crippen LogP contribution in [0.1, 0.15) is 26.7 Å². The molecule has 2 heterocycles. The molecule has 0 aliphatic carbocycles. The van der Waals surface area contributed by atoms with Gasteiger partial charge in [0.1, 0.15) is 6.04 Å². The number of fused-ring (bicyclic) bond motifs is 1. The van der Waals surface area contributed by atoms with E-state index in [-0.39, 0.29) is 29.9 Å². The number of amides is 2. The van der Waals surface area contributed by atoms with Crippen molar-refractivity contribution in [2.24, 2.45) is 0 Å². The van der Waals surface area contributed by atoms with Gasteiger partial charge in [-0.15, -0.1) is 0 Å². The Labute approximate surface area is 77.3 Å². The predicted molar refractivity (Wildman–Crippen MR) is 47.0 cm³/mol. The largest absolute Gasteiger partial charge is 0.345 e. The minimum Gasteiger partial charge on any atom is -0.345 e. The molecule has 4 nitrogen and oxygen atoms in total. The second kappa shape index (κ2) is 2.47. The molecule has 13 heavy (non-hydrogen) atoms. The van der Waals surface area contributed by atoms with Crippen LogP contribution in [0.25, 0.3) is 0 Å². The van der Waals surface area contributed by atoms with Gasteiger partial charge in [-0.2, -0.15) is 0 Å². The minimum atomic E-state index is -0.212. The third kappa shape index (κ3) is 1.12. The van der Waals surface area contributed by atoms with E-state index in [0.29, 0.717) is 0 Å². The van der Waals surface area contributed by atoms with Gasteiger partial charge in [0.15, 0.2) is 0 Å². The van der Waals surface area contributed by atoms with Crippen LogP contribution in [0.4, 0.5) is 0 Å². The first kappa shape index (κ1) is 8.53. The fourth-order valence-corrected chi connectivity index (χ4v) is 2.29. The predicted octanol–water partition coefficient (Wildman–Crippen LogP) is -0.114. The van der Waals surface area contributed by atoms with Crippen LogP contribution in [0, 0.1) is 0 Å². The summed E-state index contributed by atoms with van der Waals surface area (Å²) in [5.41, 5.74) is -0.139. The molecule has 2 rings (SSSR count). The van der Waals surface area contributed by atoms with Crippen molar-refractivity contribution in [1.82, 2.24) is 10.2 Å². The topological polar surface area (TPSA) is 49.4 Å². The lowest BCUT2D eigenvalue weighted by Gasteiger charge is -2.38. The van der Waals surface area contributed by atoms with Crippen molar-refractivity contribution in [1.29, 1.82) is 0 Å². The number of carbonyl (C=O) groups excluding carboxylic acids is 2. The van der Waals surface area contributed by atoms with Crippen LogP contribution in [-0.2, 0) is 9.59 Å². The van der Waals surface area contributed by atoms with E-state index in [9.17, 15) is 9.59 Å². The molecule has 4 heteroatoms. The lowest BCUT2D eigenvalue weighted by atomic mass is 10.0. The van der Waals surface area contributed by atoms with E-state index in [1.54, 1.807) is 4.90 Å². The lowest BCUT2D eigenvalue weighted by Crippen LogP contribution is -2.60. The van der Waals surface area contributed by atoms with E-state index in [4.69, 9.17) is 0 Å². The lowest BCUT2D eigenvalue weighted by molar-refractivity contribution is -0.147. The molecular formula is C9H14N2O2. The molecule has 0 aromatic carbocycles. The molecule has 0 saturated carbocycles. The SMILES string of the molecule is CC1(C)CCC2C(=O)NCC(=O)N21. The molecule has 0 bridgehead atoms. The number of nitrogens with zero attached hydrogens (tertiary/aromatic N) is 1. The Bertz CT molecular complexity index is 273. The fraction of sp³-hybridized carbons (Fsp3) is 0.778. The molecule has 2 fully saturated rings. The highest BCUT2D eigenvalue weighted by Crippen LogP contribution is 2.34. The summed E-state index contributed by atoms with van der Waals surface area (Å²) in [5, 5.41) is 2.61. The zero-order valence-electron chi connectivity index (χ0n) is 7.96. The third-order valence-electron chi connectivity index (χ3n) is 2.98. The van der Waals surface area contributed by atoms with E-state index < -0.39 is 0 Å². The molecule has 2 saturated heterocycles. The fourth-order valence-electron chi connectivity index (χ4n) is 2.29. The molecule has 1 unspecified atom stereocenters. The van der Waals surface area contributed by atoms with Gasteiger partial charge in [-0.05, 0) is 26.7 Å². The Hall–Kier alpha value is -1.06. The van der Waals surface area contributed by atoms with Gasteiger partial charge in [-0.25, -0.2) is 0 Å². The van der Waals surface area contributed by atoms with Crippen molar-refractivity contribution in [3.8, 4) is 0 Å². The molecule has 0 spiro atoms. The Morgan fingerprint density at radius 2 is 2.15 bits per heavy atom. The second-order valence-corrected chi connectivity index (χ2v) is 4.35. The van der Waals surface area contributed by atoms with E-state index in [0.717, 1.165) is 12.8 Å². The van der Waals surface area contributed by atoms with E-state index in [2.05, 4.69) is 5.32 Å². The minimum absolute atomic E-state index is 0.00479. The van der Waals surface area contributed by atoms with Crippen molar-refractivity contribution in [2.75, 3.05) is 6.54 Å². The molecule has 1 atom stereocenters. The van der Waals surface area contributed by atoms with Crippen LogP contribution in [0.15, 0.2) is 0 Å². The summed E-state index contributed by atoms with van der Waals surface area (Å²) in [6.45, 7) is 4.20. The zero-order valence-corrected chi connectivity index (χ0v) is 7.96. The molecule has 2 amide bonds. The summed E-state index contributed by atoms with van der Waals surface area (Å²) in [6, 6.07) is -0.212. The van der Waals surface area contributed by atoms with Gasteiger partial charge in [-0.3, -0.25) is 9.59 Å². The maximum atomic E-state index is 11.5. The highest BCUT2D eigenvalue weighted by molar-refractivity contribution is 5.95. The third-order valence-corrected chi connectivity index (χ3v) is 2.98. The first-order chi connectivity index (χ1) is 6.02. The Morgan fingerprint density at radius 3 is 2.77 bits per heavy atom. The Morgan fingerprint density at radius 1 is 1.46 bits per heavy atom. The summed E-state index contributed by atoms with van der Waals surface area (Å²) in [6.07, 6.45) is 1.71. The molecule has 0 aromatic rings. The summed E-state index contributed by atoms with van der Waals surface area (Å²) >= 11 is 0. The Balaban J connectivity index is 2.31. The average molecular weight is 182 g/mol. The second-order valence-electron chi connectivity index (χ2n) is 4.35. The van der Waals surface area contributed by atoms with Crippen LogP contribution in [0.2, 0.25) is 0 Å². The standard InChI is InChI=1S/C9H14N2O2/c1-9(2)4-3-6-8(13)10-5-7(12)11(6)9/h6H,3-5H2,1-2H3,(H,10,13). The summed E-state index contributed by atoms with van der Waals surface area (Å²) < 4.78 is 0. The quantitative estimate of drug-likeness (QED) is 0.568. The van der Waals surface area contributed by atoms with Crippen molar-refractivity contribution in [3.05, 3.63) is 0 Å². The molecule has 1 N–H and O–H groups in total. The van der Waals surface area contributed by atoms with Crippen molar-refractivity contribution in [2.45, 2.75) is 38.3 Å². The van der Waals surface area contributed by atoms with E-state index in [1.165, 1.54) is 0 Å². The van der Waals surface area contributed by atoms with Crippen molar-refractivity contribution in [3.63, 3.8) is 0 Å². The van der Waals surface area contributed by atoms with Crippen LogP contribution in [-0.4, -0.2) is 34.8 Å². The maximum Gasteiger partial charge on any atom is 0.243 e. The van der Waals surface area contributed by atoms with Gasteiger partial charge in [0.05, 0.1) is 6.54 Å². The van der Waals surface area contributed by atoms with Gasteiger partial charge in [0, 0.05) is 5.54 Å². The summed E-state index contributed by atoms with van der Waals surface area (Å²) in [5.74, 6) is 0.0530. The first-order valence-corrected chi connectivity index (χ1v) is 4.62. The molecule has 72 valence electrons. The molecule has 0 aromatic heterocycles. The number of piperazine rings is 1. The molecule has 0 radical (unpaired) electrons. The van der Waals surface area contributed by atoms with Gasteiger partial charge in [-0.1, -0.05) is 0 Å². The van der Waals surface area contributed by atoms with Gasteiger partial charge in [0.2, 0.25) is 11.8 Å². The van der Waals surface area contributed by atoms with Gasteiger partial charge < -0.3 is 10.2 Å². The highest BCUT2D eigenvalue weighted by atomic mass is 16.2. The summed E-state index contributed by atoms with van der Waals surface area (Å²) in [7, 11) is 0.